The summed E-state index contributed by atoms with van der Waals surface area (Å²) in [6.45, 7) is 6.92. The van der Waals surface area contributed by atoms with E-state index in [0.717, 1.165) is 12.8 Å². The zero-order valence-electron chi connectivity index (χ0n) is 17.6. The monoisotopic (exact) mass is 448 g/mol. The standard InChI is InChI=1S/C21H28N4O3S2/c1-4-5-16(20(28)25-8-6-17-14(11-25)7-9-29-17)23-18(26)10-15-12-30-21(22-15)24-19(27)13(2)3/h7,9,12-13,16H,4-6,8,10-11H2,1-3H3,(H,23,26)(H,22,24,27). The molecule has 1 aliphatic rings. The Hall–Kier alpha value is -2.26. The fourth-order valence-electron chi connectivity index (χ4n) is 3.31. The molecule has 0 spiro atoms. The average Bonchev–Trinajstić information content (AvgIpc) is 3.35. The summed E-state index contributed by atoms with van der Waals surface area (Å²) >= 11 is 3.03. The number of amides is 3. The largest absolute Gasteiger partial charge is 0.344 e. The highest BCUT2D eigenvalue weighted by Gasteiger charge is 2.28. The molecule has 0 fully saturated rings. The zero-order valence-corrected chi connectivity index (χ0v) is 19.2. The molecule has 2 N–H and O–H groups in total. The molecule has 0 radical (unpaired) electrons. The fraction of sp³-hybridized carbons (Fsp3) is 0.524. The van der Waals surface area contributed by atoms with Gasteiger partial charge in [0.1, 0.15) is 6.04 Å². The second-order valence-electron chi connectivity index (χ2n) is 7.75. The highest BCUT2D eigenvalue weighted by molar-refractivity contribution is 7.14. The highest BCUT2D eigenvalue weighted by Crippen LogP contribution is 2.24. The van der Waals surface area contributed by atoms with Gasteiger partial charge in [-0.15, -0.1) is 22.7 Å². The topological polar surface area (TPSA) is 91.4 Å². The third kappa shape index (κ3) is 5.66. The van der Waals surface area contributed by atoms with E-state index < -0.39 is 6.04 Å². The van der Waals surface area contributed by atoms with Gasteiger partial charge < -0.3 is 15.5 Å². The number of rotatable bonds is 8. The van der Waals surface area contributed by atoms with Crippen LogP contribution in [0.15, 0.2) is 16.8 Å². The lowest BCUT2D eigenvalue weighted by Gasteiger charge is -2.30. The maximum absolute atomic E-state index is 13.1. The Morgan fingerprint density at radius 3 is 2.80 bits per heavy atom. The molecule has 9 heteroatoms. The van der Waals surface area contributed by atoms with Gasteiger partial charge in [-0.1, -0.05) is 27.2 Å². The Morgan fingerprint density at radius 2 is 2.07 bits per heavy atom. The molecule has 0 bridgehead atoms. The first-order chi connectivity index (χ1) is 14.4. The van der Waals surface area contributed by atoms with E-state index in [0.29, 0.717) is 30.3 Å². The van der Waals surface area contributed by atoms with Gasteiger partial charge in [0.25, 0.3) is 0 Å². The normalized spacial score (nSPS) is 14.3. The Labute approximate surface area is 184 Å². The van der Waals surface area contributed by atoms with Gasteiger partial charge in [-0.2, -0.15) is 0 Å². The van der Waals surface area contributed by atoms with Crippen LogP contribution in [0.3, 0.4) is 0 Å². The Balaban J connectivity index is 1.57. The van der Waals surface area contributed by atoms with Gasteiger partial charge in [0.05, 0.1) is 12.1 Å². The molecule has 3 rings (SSSR count). The summed E-state index contributed by atoms with van der Waals surface area (Å²) in [6, 6.07) is 1.55. The smallest absolute Gasteiger partial charge is 0.245 e. The molecule has 0 saturated heterocycles. The number of carbonyl (C=O) groups is 3. The van der Waals surface area contributed by atoms with Crippen molar-refractivity contribution in [1.82, 2.24) is 15.2 Å². The van der Waals surface area contributed by atoms with Crippen LogP contribution in [0.2, 0.25) is 0 Å². The van der Waals surface area contributed by atoms with Gasteiger partial charge in [-0.25, -0.2) is 4.98 Å². The van der Waals surface area contributed by atoms with E-state index in [1.54, 1.807) is 16.7 Å². The van der Waals surface area contributed by atoms with Crippen molar-refractivity contribution in [3.8, 4) is 0 Å². The molecule has 0 aromatic carbocycles. The minimum atomic E-state index is -0.526. The van der Waals surface area contributed by atoms with Crippen molar-refractivity contribution in [2.24, 2.45) is 5.92 Å². The van der Waals surface area contributed by atoms with Crippen molar-refractivity contribution in [2.45, 2.75) is 59.0 Å². The summed E-state index contributed by atoms with van der Waals surface area (Å²) in [5.41, 5.74) is 1.79. The quantitative estimate of drug-likeness (QED) is 0.649. The van der Waals surface area contributed by atoms with Crippen molar-refractivity contribution in [1.29, 1.82) is 0 Å². The predicted molar refractivity (Wildman–Crippen MR) is 120 cm³/mol. The van der Waals surface area contributed by atoms with Gasteiger partial charge in [0, 0.05) is 29.3 Å². The van der Waals surface area contributed by atoms with Crippen LogP contribution < -0.4 is 10.6 Å². The van der Waals surface area contributed by atoms with Gasteiger partial charge in [-0.3, -0.25) is 14.4 Å². The number of nitrogens with zero attached hydrogens (tertiary/aromatic N) is 2. The maximum atomic E-state index is 13.1. The maximum Gasteiger partial charge on any atom is 0.245 e. The van der Waals surface area contributed by atoms with Crippen LogP contribution in [0, 0.1) is 5.92 Å². The molecule has 3 amide bonds. The van der Waals surface area contributed by atoms with Crippen LogP contribution in [0.1, 0.15) is 49.7 Å². The lowest BCUT2D eigenvalue weighted by atomic mass is 10.1. The minimum absolute atomic E-state index is 0.0230. The molecular weight excluding hydrogens is 420 g/mol. The molecule has 2 aromatic rings. The summed E-state index contributed by atoms with van der Waals surface area (Å²) in [7, 11) is 0. The minimum Gasteiger partial charge on any atom is -0.344 e. The number of aromatic nitrogens is 1. The molecule has 0 saturated carbocycles. The molecule has 30 heavy (non-hydrogen) atoms. The van der Waals surface area contributed by atoms with Crippen molar-refractivity contribution in [2.75, 3.05) is 11.9 Å². The molecular formula is C21H28N4O3S2. The van der Waals surface area contributed by atoms with Crippen LogP contribution in [0.5, 0.6) is 0 Å². The number of thiazole rings is 1. The fourth-order valence-corrected chi connectivity index (χ4v) is 4.91. The summed E-state index contributed by atoms with van der Waals surface area (Å²) in [6.07, 6.45) is 2.35. The predicted octanol–water partition coefficient (Wildman–Crippen LogP) is 3.21. The molecule has 162 valence electrons. The van der Waals surface area contributed by atoms with Gasteiger partial charge in [-0.05, 0) is 29.9 Å². The number of carbonyl (C=O) groups excluding carboxylic acids is 3. The van der Waals surface area contributed by atoms with Gasteiger partial charge >= 0.3 is 0 Å². The van der Waals surface area contributed by atoms with Crippen LogP contribution in [-0.2, 0) is 33.8 Å². The first-order valence-corrected chi connectivity index (χ1v) is 12.0. The highest BCUT2D eigenvalue weighted by atomic mass is 32.1. The molecule has 1 aliphatic heterocycles. The first kappa shape index (κ1) is 22.4. The SMILES string of the molecule is CCCC(NC(=O)Cc1csc(NC(=O)C(C)C)n1)C(=O)N1CCc2sccc2C1. The van der Waals surface area contributed by atoms with E-state index in [1.165, 1.54) is 21.8 Å². The van der Waals surface area contributed by atoms with E-state index in [-0.39, 0.29) is 30.1 Å². The number of hydrogen-bond donors (Lipinski definition) is 2. The summed E-state index contributed by atoms with van der Waals surface area (Å²) in [5, 5.41) is 9.95. The van der Waals surface area contributed by atoms with Crippen LogP contribution in [0.4, 0.5) is 5.13 Å². The molecule has 3 heterocycles. The van der Waals surface area contributed by atoms with Crippen LogP contribution in [-0.4, -0.2) is 40.2 Å². The number of thiophene rings is 1. The Bertz CT molecular complexity index is 906. The lowest BCUT2D eigenvalue weighted by molar-refractivity contribution is -0.137. The molecule has 0 aliphatic carbocycles. The van der Waals surface area contributed by atoms with E-state index in [9.17, 15) is 14.4 Å². The third-order valence-electron chi connectivity index (χ3n) is 4.98. The summed E-state index contributed by atoms with van der Waals surface area (Å²) in [5.74, 6) is -0.502. The van der Waals surface area contributed by atoms with Crippen molar-refractivity contribution in [3.63, 3.8) is 0 Å². The molecule has 1 unspecified atom stereocenters. The first-order valence-electron chi connectivity index (χ1n) is 10.3. The van der Waals surface area contributed by atoms with Crippen molar-refractivity contribution < 1.29 is 14.4 Å². The molecule has 7 nitrogen and oxygen atoms in total. The number of hydrogen-bond acceptors (Lipinski definition) is 6. The van der Waals surface area contributed by atoms with E-state index >= 15 is 0 Å². The number of fused-ring (bicyclic) bond motifs is 1. The Morgan fingerprint density at radius 1 is 1.27 bits per heavy atom. The number of nitrogens with one attached hydrogen (secondary N) is 2. The van der Waals surface area contributed by atoms with E-state index in [4.69, 9.17) is 0 Å². The van der Waals surface area contributed by atoms with Crippen molar-refractivity contribution in [3.05, 3.63) is 33.0 Å². The van der Waals surface area contributed by atoms with Gasteiger partial charge in [0.15, 0.2) is 5.13 Å². The van der Waals surface area contributed by atoms with Crippen LogP contribution in [0.25, 0.3) is 0 Å². The second-order valence-corrected chi connectivity index (χ2v) is 9.61. The summed E-state index contributed by atoms with van der Waals surface area (Å²) in [4.78, 5) is 44.9. The van der Waals surface area contributed by atoms with Crippen LogP contribution >= 0.6 is 22.7 Å². The van der Waals surface area contributed by atoms with Gasteiger partial charge in [0.2, 0.25) is 17.7 Å². The lowest BCUT2D eigenvalue weighted by Crippen LogP contribution is -2.50. The molecule has 1 atom stereocenters. The second kappa shape index (κ2) is 10.2. The zero-order chi connectivity index (χ0) is 21.7. The summed E-state index contributed by atoms with van der Waals surface area (Å²) < 4.78 is 0. The Kier molecular flexibility index (Phi) is 7.60. The number of anilines is 1. The van der Waals surface area contributed by atoms with E-state index in [2.05, 4.69) is 27.1 Å². The average molecular weight is 449 g/mol. The molecule has 2 aromatic heterocycles. The van der Waals surface area contributed by atoms with E-state index in [1.807, 2.05) is 25.7 Å². The van der Waals surface area contributed by atoms with Crippen molar-refractivity contribution >= 4 is 45.5 Å². The third-order valence-corrected chi connectivity index (χ3v) is 6.81.